The van der Waals surface area contributed by atoms with Gasteiger partial charge in [-0.1, -0.05) is 42.5 Å². The van der Waals surface area contributed by atoms with Gasteiger partial charge in [0, 0.05) is 39.8 Å². The number of piperazine rings is 1. The van der Waals surface area contributed by atoms with Crippen molar-refractivity contribution in [3.63, 3.8) is 0 Å². The first-order chi connectivity index (χ1) is 12.2. The van der Waals surface area contributed by atoms with Gasteiger partial charge in [0.05, 0.1) is 12.8 Å². The molecule has 5 heteroatoms. The first kappa shape index (κ1) is 17.1. The number of nitrogens with zero attached hydrogens (tertiary/aromatic N) is 3. The molecule has 0 unspecified atom stereocenters. The van der Waals surface area contributed by atoms with Gasteiger partial charge >= 0.3 is 6.03 Å². The van der Waals surface area contributed by atoms with Crippen molar-refractivity contribution in [1.82, 2.24) is 9.80 Å². The fourth-order valence-corrected chi connectivity index (χ4v) is 3.20. The van der Waals surface area contributed by atoms with Crippen molar-refractivity contribution in [3.8, 4) is 5.75 Å². The molecule has 2 aromatic carbocycles. The van der Waals surface area contributed by atoms with Crippen LogP contribution in [-0.4, -0.2) is 56.2 Å². The van der Waals surface area contributed by atoms with Gasteiger partial charge in [-0.2, -0.15) is 0 Å². The third-order valence-corrected chi connectivity index (χ3v) is 4.57. The zero-order valence-corrected chi connectivity index (χ0v) is 14.9. The van der Waals surface area contributed by atoms with Crippen LogP contribution in [0.3, 0.4) is 0 Å². The number of benzene rings is 2. The van der Waals surface area contributed by atoms with Crippen molar-refractivity contribution < 1.29 is 9.53 Å². The second-order valence-corrected chi connectivity index (χ2v) is 6.27. The predicted molar refractivity (Wildman–Crippen MR) is 100 cm³/mol. The lowest BCUT2D eigenvalue weighted by atomic mass is 10.2. The number of ether oxygens (including phenoxy) is 1. The van der Waals surface area contributed by atoms with E-state index in [0.29, 0.717) is 6.54 Å². The Hall–Kier alpha value is -2.69. The first-order valence-corrected chi connectivity index (χ1v) is 8.61. The Bertz CT molecular complexity index is 697. The zero-order chi connectivity index (χ0) is 17.6. The van der Waals surface area contributed by atoms with Crippen molar-refractivity contribution in [2.45, 2.75) is 6.54 Å². The summed E-state index contributed by atoms with van der Waals surface area (Å²) in [7, 11) is 3.55. The Balaban J connectivity index is 1.57. The first-order valence-electron chi connectivity index (χ1n) is 8.61. The van der Waals surface area contributed by atoms with Crippen LogP contribution in [0.15, 0.2) is 54.6 Å². The number of anilines is 1. The number of hydrogen-bond donors (Lipinski definition) is 0. The molecule has 1 aliphatic rings. The second-order valence-electron chi connectivity index (χ2n) is 6.27. The smallest absolute Gasteiger partial charge is 0.320 e. The molecule has 0 N–H and O–H groups in total. The van der Waals surface area contributed by atoms with E-state index in [1.54, 1.807) is 12.0 Å². The Kier molecular flexibility index (Phi) is 5.43. The van der Waals surface area contributed by atoms with Crippen LogP contribution in [0.1, 0.15) is 5.56 Å². The highest BCUT2D eigenvalue weighted by Crippen LogP contribution is 2.28. The minimum atomic E-state index is 0.0866. The van der Waals surface area contributed by atoms with Gasteiger partial charge in [0.1, 0.15) is 5.75 Å². The summed E-state index contributed by atoms with van der Waals surface area (Å²) >= 11 is 0. The molecule has 1 fully saturated rings. The van der Waals surface area contributed by atoms with E-state index < -0.39 is 0 Å². The van der Waals surface area contributed by atoms with Gasteiger partial charge < -0.3 is 19.4 Å². The molecule has 2 amide bonds. The summed E-state index contributed by atoms with van der Waals surface area (Å²) in [6.07, 6.45) is 0. The predicted octanol–water partition coefficient (Wildman–Crippen LogP) is 3.07. The zero-order valence-electron chi connectivity index (χ0n) is 14.9. The van der Waals surface area contributed by atoms with Crippen LogP contribution in [0.5, 0.6) is 5.75 Å². The van der Waals surface area contributed by atoms with Crippen molar-refractivity contribution >= 4 is 11.7 Å². The van der Waals surface area contributed by atoms with Crippen LogP contribution in [0, 0.1) is 0 Å². The maximum atomic E-state index is 12.7. The molecule has 0 spiro atoms. The molecular formula is C20H25N3O2. The monoisotopic (exact) mass is 339 g/mol. The maximum Gasteiger partial charge on any atom is 0.320 e. The van der Waals surface area contributed by atoms with E-state index in [2.05, 4.69) is 11.0 Å². The van der Waals surface area contributed by atoms with Crippen LogP contribution in [0.4, 0.5) is 10.5 Å². The molecule has 25 heavy (non-hydrogen) atoms. The van der Waals surface area contributed by atoms with Gasteiger partial charge in [-0.15, -0.1) is 0 Å². The van der Waals surface area contributed by atoms with Crippen molar-refractivity contribution in [2.75, 3.05) is 45.2 Å². The number of carbonyl (C=O) groups is 1. The number of rotatable bonds is 4. The van der Waals surface area contributed by atoms with Crippen LogP contribution >= 0.6 is 0 Å². The molecule has 1 aliphatic heterocycles. The molecule has 1 saturated heterocycles. The molecule has 132 valence electrons. The van der Waals surface area contributed by atoms with E-state index in [4.69, 9.17) is 4.74 Å². The SMILES string of the molecule is COc1ccccc1N1CCN(C(=O)N(C)Cc2ccccc2)CC1. The van der Waals surface area contributed by atoms with Gasteiger partial charge in [0.25, 0.3) is 0 Å². The highest BCUT2D eigenvalue weighted by Gasteiger charge is 2.24. The lowest BCUT2D eigenvalue weighted by Crippen LogP contribution is -2.52. The van der Waals surface area contributed by atoms with E-state index in [0.717, 1.165) is 43.2 Å². The standard InChI is InChI=1S/C20H25N3O2/c1-21(16-17-8-4-3-5-9-17)20(24)23-14-12-22(13-15-23)18-10-6-7-11-19(18)25-2/h3-11H,12-16H2,1-2H3. The fourth-order valence-electron chi connectivity index (χ4n) is 3.20. The van der Waals surface area contributed by atoms with Crippen LogP contribution in [0.2, 0.25) is 0 Å². The highest BCUT2D eigenvalue weighted by molar-refractivity contribution is 5.74. The molecule has 0 aliphatic carbocycles. The molecule has 0 aromatic heterocycles. The summed E-state index contributed by atoms with van der Waals surface area (Å²) in [6, 6.07) is 18.2. The summed E-state index contributed by atoms with van der Waals surface area (Å²) in [4.78, 5) is 18.7. The molecule has 1 heterocycles. The molecule has 0 radical (unpaired) electrons. The molecule has 5 nitrogen and oxygen atoms in total. The molecule has 0 bridgehead atoms. The maximum absolute atomic E-state index is 12.7. The number of amides is 2. The van der Waals surface area contributed by atoms with Gasteiger partial charge in [-0.05, 0) is 17.7 Å². The summed E-state index contributed by atoms with van der Waals surface area (Å²) in [5.74, 6) is 0.878. The van der Waals surface area contributed by atoms with E-state index in [-0.39, 0.29) is 6.03 Å². The molecule has 2 aromatic rings. The quantitative estimate of drug-likeness (QED) is 0.859. The Morgan fingerprint density at radius 1 is 1.00 bits per heavy atom. The van der Waals surface area contributed by atoms with Crippen molar-refractivity contribution in [1.29, 1.82) is 0 Å². The van der Waals surface area contributed by atoms with Crippen LogP contribution in [0.25, 0.3) is 0 Å². The van der Waals surface area contributed by atoms with E-state index in [1.165, 1.54) is 0 Å². The lowest BCUT2D eigenvalue weighted by molar-refractivity contribution is 0.157. The Labute approximate surface area is 149 Å². The molecular weight excluding hydrogens is 314 g/mol. The number of urea groups is 1. The third-order valence-electron chi connectivity index (χ3n) is 4.57. The molecule has 0 saturated carbocycles. The van der Waals surface area contributed by atoms with E-state index >= 15 is 0 Å². The largest absolute Gasteiger partial charge is 0.495 e. The average Bonchev–Trinajstić information content (AvgIpc) is 2.68. The lowest BCUT2D eigenvalue weighted by Gasteiger charge is -2.38. The minimum absolute atomic E-state index is 0.0866. The van der Waals surface area contributed by atoms with Crippen molar-refractivity contribution in [2.24, 2.45) is 0 Å². The summed E-state index contributed by atoms with van der Waals surface area (Å²) in [6.45, 7) is 3.69. The summed E-state index contributed by atoms with van der Waals surface area (Å²) in [5, 5.41) is 0. The van der Waals surface area contributed by atoms with Crippen LogP contribution < -0.4 is 9.64 Å². The Morgan fingerprint density at radius 3 is 2.32 bits per heavy atom. The number of methoxy groups -OCH3 is 1. The van der Waals surface area contributed by atoms with Crippen molar-refractivity contribution in [3.05, 3.63) is 60.2 Å². The summed E-state index contributed by atoms with van der Waals surface area (Å²) in [5.41, 5.74) is 2.24. The van der Waals surface area contributed by atoms with Gasteiger partial charge in [0.15, 0.2) is 0 Å². The third kappa shape index (κ3) is 4.05. The second kappa shape index (κ2) is 7.92. The average molecular weight is 339 g/mol. The minimum Gasteiger partial charge on any atom is -0.495 e. The topological polar surface area (TPSA) is 36.0 Å². The highest BCUT2D eigenvalue weighted by atomic mass is 16.5. The van der Waals surface area contributed by atoms with Gasteiger partial charge in [-0.3, -0.25) is 0 Å². The molecule has 0 atom stereocenters. The molecule has 3 rings (SSSR count). The number of para-hydroxylation sites is 2. The summed E-state index contributed by atoms with van der Waals surface area (Å²) < 4.78 is 5.45. The van der Waals surface area contributed by atoms with Crippen LogP contribution in [-0.2, 0) is 6.54 Å². The number of hydrogen-bond acceptors (Lipinski definition) is 3. The Morgan fingerprint density at radius 2 is 1.64 bits per heavy atom. The van der Waals surface area contributed by atoms with E-state index in [9.17, 15) is 4.79 Å². The number of carbonyl (C=O) groups excluding carboxylic acids is 1. The normalized spacial score (nSPS) is 14.3. The van der Waals surface area contributed by atoms with Gasteiger partial charge in [-0.25, -0.2) is 4.79 Å². The van der Waals surface area contributed by atoms with Gasteiger partial charge in [0.2, 0.25) is 0 Å². The van der Waals surface area contributed by atoms with E-state index in [1.807, 2.05) is 60.5 Å². The fraction of sp³-hybridized carbons (Fsp3) is 0.350.